The number of benzene rings is 1. The number of ether oxygens (including phenoxy) is 1. The van der Waals surface area contributed by atoms with Crippen molar-refractivity contribution in [3.8, 4) is 11.3 Å². The first-order valence-electron chi connectivity index (χ1n) is 12.5. The molecule has 0 aliphatic carbocycles. The summed E-state index contributed by atoms with van der Waals surface area (Å²) in [6.45, 7) is 8.27. The molecule has 0 amide bonds. The van der Waals surface area contributed by atoms with Crippen LogP contribution in [-0.4, -0.2) is 69.4 Å². The molecular weight excluding hydrogens is 438 g/mol. The van der Waals surface area contributed by atoms with Crippen molar-refractivity contribution < 1.29 is 4.74 Å². The van der Waals surface area contributed by atoms with Crippen LogP contribution in [0.3, 0.4) is 0 Å². The number of rotatable bonds is 5. The van der Waals surface area contributed by atoms with E-state index in [0.717, 1.165) is 98.1 Å². The lowest BCUT2D eigenvalue weighted by Gasteiger charge is -2.30. The molecule has 2 aliphatic heterocycles. The van der Waals surface area contributed by atoms with E-state index in [-0.39, 0.29) is 0 Å². The van der Waals surface area contributed by atoms with Crippen LogP contribution in [0.15, 0.2) is 48.8 Å². The molecule has 1 N–H and O–H groups in total. The molecule has 0 atom stereocenters. The van der Waals surface area contributed by atoms with Gasteiger partial charge in [-0.25, -0.2) is 9.97 Å². The maximum Gasteiger partial charge on any atom is 0.143 e. The Morgan fingerprint density at radius 1 is 1.00 bits per heavy atom. The van der Waals surface area contributed by atoms with E-state index >= 15 is 0 Å². The molecule has 0 unspecified atom stereocenters. The lowest BCUT2D eigenvalue weighted by molar-refractivity contribution is 0.122. The number of morpholine rings is 1. The number of para-hydroxylation sites is 1. The second kappa shape index (κ2) is 9.71. The summed E-state index contributed by atoms with van der Waals surface area (Å²) in [6.07, 6.45) is 6.03. The molecule has 35 heavy (non-hydrogen) atoms. The van der Waals surface area contributed by atoms with Crippen LogP contribution in [0.1, 0.15) is 36.0 Å². The van der Waals surface area contributed by atoms with Gasteiger partial charge >= 0.3 is 0 Å². The van der Waals surface area contributed by atoms with Gasteiger partial charge in [0.05, 0.1) is 42.9 Å². The van der Waals surface area contributed by atoms with E-state index in [1.54, 1.807) is 0 Å². The number of fused-ring (bicyclic) bond motifs is 1. The third-order valence-electron chi connectivity index (χ3n) is 7.23. The molecule has 0 spiro atoms. The molecule has 2 aliphatic rings. The molecule has 0 radical (unpaired) electrons. The Hall–Kier alpha value is -3.36. The highest BCUT2D eigenvalue weighted by Crippen LogP contribution is 2.31. The van der Waals surface area contributed by atoms with Crippen molar-refractivity contribution in [1.82, 2.24) is 30.0 Å². The van der Waals surface area contributed by atoms with Crippen LogP contribution in [0.2, 0.25) is 0 Å². The smallest absolute Gasteiger partial charge is 0.143 e. The summed E-state index contributed by atoms with van der Waals surface area (Å²) >= 11 is 0. The molecule has 3 aromatic heterocycles. The Bertz CT molecular complexity index is 1310. The summed E-state index contributed by atoms with van der Waals surface area (Å²) in [4.78, 5) is 18.8. The number of hydrogen-bond acceptors (Lipinski definition) is 7. The van der Waals surface area contributed by atoms with Crippen LogP contribution in [0.5, 0.6) is 0 Å². The lowest BCUT2D eigenvalue weighted by atomic mass is 9.93. The van der Waals surface area contributed by atoms with E-state index in [2.05, 4.69) is 56.2 Å². The fourth-order valence-corrected chi connectivity index (χ4v) is 5.22. The number of aromatic amines is 1. The fraction of sp³-hybridized carbons (Fsp3) is 0.407. The SMILES string of the molecule is Cc1nc(CN2CCC(c3cc(-c4cncc(N5CCOCC5)c4)n[nH]3)CC2)nc2ccccc12. The van der Waals surface area contributed by atoms with Crippen LogP contribution < -0.4 is 4.90 Å². The average Bonchev–Trinajstić information content (AvgIpc) is 3.40. The quantitative estimate of drug-likeness (QED) is 0.474. The summed E-state index contributed by atoms with van der Waals surface area (Å²) < 4.78 is 5.48. The summed E-state index contributed by atoms with van der Waals surface area (Å²) in [5.41, 5.74) is 6.45. The zero-order valence-electron chi connectivity index (χ0n) is 20.2. The molecule has 0 saturated carbocycles. The third kappa shape index (κ3) is 4.76. The van der Waals surface area contributed by atoms with Crippen molar-refractivity contribution >= 4 is 16.6 Å². The Morgan fingerprint density at radius 3 is 2.69 bits per heavy atom. The minimum atomic E-state index is 0.488. The number of aryl methyl sites for hydroxylation is 1. The molecule has 5 heterocycles. The van der Waals surface area contributed by atoms with Crippen LogP contribution >= 0.6 is 0 Å². The van der Waals surface area contributed by atoms with Gasteiger partial charge in [0.15, 0.2) is 0 Å². The summed E-state index contributed by atoms with van der Waals surface area (Å²) in [5, 5.41) is 9.08. The number of pyridine rings is 1. The van der Waals surface area contributed by atoms with Gasteiger partial charge in [-0.1, -0.05) is 18.2 Å². The number of hydrogen-bond donors (Lipinski definition) is 1. The second-order valence-electron chi connectivity index (χ2n) is 9.53. The Morgan fingerprint density at radius 2 is 1.83 bits per heavy atom. The van der Waals surface area contributed by atoms with Gasteiger partial charge in [0.25, 0.3) is 0 Å². The minimum absolute atomic E-state index is 0.488. The van der Waals surface area contributed by atoms with Gasteiger partial charge in [-0.15, -0.1) is 0 Å². The number of piperidine rings is 1. The van der Waals surface area contributed by atoms with Crippen molar-refractivity contribution in [3.63, 3.8) is 0 Å². The third-order valence-corrected chi connectivity index (χ3v) is 7.23. The summed E-state index contributed by atoms with van der Waals surface area (Å²) in [7, 11) is 0. The maximum atomic E-state index is 5.48. The van der Waals surface area contributed by atoms with Gasteiger partial charge in [0.2, 0.25) is 0 Å². The highest BCUT2D eigenvalue weighted by atomic mass is 16.5. The largest absolute Gasteiger partial charge is 0.378 e. The Kier molecular flexibility index (Phi) is 6.14. The molecular formula is C27H31N7O. The number of anilines is 1. The van der Waals surface area contributed by atoms with Crippen molar-refractivity contribution in [2.75, 3.05) is 44.3 Å². The predicted molar refractivity (Wildman–Crippen MR) is 136 cm³/mol. The molecule has 1 aromatic carbocycles. The number of nitrogens with one attached hydrogen (secondary N) is 1. The molecule has 4 aromatic rings. The number of nitrogens with zero attached hydrogens (tertiary/aromatic N) is 6. The topological polar surface area (TPSA) is 83.1 Å². The van der Waals surface area contributed by atoms with Crippen molar-refractivity contribution in [3.05, 3.63) is 66.0 Å². The molecule has 2 saturated heterocycles. The Balaban J connectivity index is 1.09. The van der Waals surface area contributed by atoms with E-state index in [4.69, 9.17) is 14.7 Å². The normalized spacial score (nSPS) is 17.8. The van der Waals surface area contributed by atoms with Crippen molar-refractivity contribution in [2.45, 2.75) is 32.2 Å². The molecule has 8 nitrogen and oxygen atoms in total. The first-order chi connectivity index (χ1) is 17.2. The molecule has 180 valence electrons. The second-order valence-corrected chi connectivity index (χ2v) is 9.53. The van der Waals surface area contributed by atoms with Gasteiger partial charge in [-0.2, -0.15) is 5.10 Å². The van der Waals surface area contributed by atoms with Gasteiger partial charge in [-0.3, -0.25) is 15.0 Å². The lowest BCUT2D eigenvalue weighted by Crippen LogP contribution is -2.36. The highest BCUT2D eigenvalue weighted by Gasteiger charge is 2.23. The summed E-state index contributed by atoms with van der Waals surface area (Å²) in [6, 6.07) is 12.6. The predicted octanol–water partition coefficient (Wildman–Crippen LogP) is 3.94. The number of H-pyrrole nitrogens is 1. The fourth-order valence-electron chi connectivity index (χ4n) is 5.22. The van der Waals surface area contributed by atoms with Gasteiger partial charge < -0.3 is 9.64 Å². The van der Waals surface area contributed by atoms with E-state index in [1.165, 1.54) is 5.69 Å². The van der Waals surface area contributed by atoms with E-state index in [0.29, 0.717) is 5.92 Å². The number of likely N-dealkylation sites (tertiary alicyclic amines) is 1. The Labute approximate surface area is 205 Å². The van der Waals surface area contributed by atoms with Gasteiger partial charge in [0, 0.05) is 47.5 Å². The van der Waals surface area contributed by atoms with Crippen molar-refractivity contribution in [1.29, 1.82) is 0 Å². The van der Waals surface area contributed by atoms with Crippen LogP contribution in [0.4, 0.5) is 5.69 Å². The van der Waals surface area contributed by atoms with E-state index in [1.807, 2.05) is 24.5 Å². The van der Waals surface area contributed by atoms with Gasteiger partial charge in [-0.05, 0) is 51.1 Å². The first-order valence-corrected chi connectivity index (χ1v) is 12.5. The maximum absolute atomic E-state index is 5.48. The number of aromatic nitrogens is 5. The first kappa shape index (κ1) is 22.1. The zero-order chi connectivity index (χ0) is 23.6. The molecule has 2 fully saturated rings. The van der Waals surface area contributed by atoms with E-state index in [9.17, 15) is 0 Å². The monoisotopic (exact) mass is 469 g/mol. The summed E-state index contributed by atoms with van der Waals surface area (Å²) in [5.74, 6) is 1.40. The van der Waals surface area contributed by atoms with E-state index < -0.39 is 0 Å². The highest BCUT2D eigenvalue weighted by molar-refractivity contribution is 5.80. The molecule has 0 bridgehead atoms. The van der Waals surface area contributed by atoms with Crippen molar-refractivity contribution in [2.24, 2.45) is 0 Å². The molecule has 8 heteroatoms. The van der Waals surface area contributed by atoms with Gasteiger partial charge in [0.1, 0.15) is 5.82 Å². The standard InChI is InChI=1S/C27H31N7O/c1-19-23-4-2-3-5-24(23)30-27(29-19)18-33-8-6-20(7-9-33)25-15-26(32-31-25)21-14-22(17-28-16-21)34-10-12-35-13-11-34/h2-5,14-17,20H,6-13,18H2,1H3,(H,31,32). The van der Waals surface area contributed by atoms with Crippen LogP contribution in [0.25, 0.3) is 22.2 Å². The molecule has 6 rings (SSSR count). The van der Waals surface area contributed by atoms with Crippen LogP contribution in [0, 0.1) is 6.92 Å². The zero-order valence-corrected chi connectivity index (χ0v) is 20.2. The van der Waals surface area contributed by atoms with Crippen LogP contribution in [-0.2, 0) is 11.3 Å². The minimum Gasteiger partial charge on any atom is -0.378 e. The average molecular weight is 470 g/mol.